The van der Waals surface area contributed by atoms with Crippen molar-refractivity contribution in [2.45, 2.75) is 13.3 Å². The number of carbonyl (C=O) groups excluding carboxylic acids is 1. The van der Waals surface area contributed by atoms with E-state index in [0.29, 0.717) is 5.82 Å². The number of amides is 1. The van der Waals surface area contributed by atoms with Crippen molar-refractivity contribution < 1.29 is 4.79 Å². The Hall–Kier alpha value is -1.39. The van der Waals surface area contributed by atoms with Crippen molar-refractivity contribution in [1.82, 2.24) is 15.2 Å². The smallest absolute Gasteiger partial charge is 0.288 e. The molecule has 0 unspecified atom stereocenters. The molecule has 0 radical (unpaired) electrons. The van der Waals surface area contributed by atoms with Gasteiger partial charge in [0.25, 0.3) is 5.91 Å². The highest BCUT2D eigenvalue weighted by Gasteiger charge is 2.05. The molecule has 0 spiro atoms. The van der Waals surface area contributed by atoms with Gasteiger partial charge < -0.3 is 5.73 Å². The number of aromatic nitrogens is 3. The summed E-state index contributed by atoms with van der Waals surface area (Å²) in [6, 6.07) is 0. The zero-order valence-corrected chi connectivity index (χ0v) is 5.59. The van der Waals surface area contributed by atoms with Crippen LogP contribution in [0.15, 0.2) is 0 Å². The Kier molecular flexibility index (Phi) is 1.66. The monoisotopic (exact) mass is 140 g/mol. The molecule has 1 aromatic heterocycles. The van der Waals surface area contributed by atoms with Crippen molar-refractivity contribution in [3.63, 3.8) is 0 Å². The maximum atomic E-state index is 10.4. The van der Waals surface area contributed by atoms with Crippen molar-refractivity contribution >= 4 is 5.91 Å². The van der Waals surface area contributed by atoms with Crippen LogP contribution in [0.25, 0.3) is 0 Å². The lowest BCUT2D eigenvalue weighted by atomic mass is 10.5. The summed E-state index contributed by atoms with van der Waals surface area (Å²) in [4.78, 5) is 14.2. The molecule has 5 heteroatoms. The number of rotatable bonds is 2. The summed E-state index contributed by atoms with van der Waals surface area (Å²) in [5.74, 6) is 0.126. The molecule has 0 bridgehead atoms. The molecule has 1 amide bonds. The molecular weight excluding hydrogens is 132 g/mol. The molecule has 1 heterocycles. The van der Waals surface area contributed by atoms with Gasteiger partial charge in [-0.2, -0.15) is 0 Å². The quantitative estimate of drug-likeness (QED) is 0.578. The van der Waals surface area contributed by atoms with Crippen LogP contribution in [0.1, 0.15) is 23.4 Å². The number of aromatic amines is 1. The summed E-state index contributed by atoms with van der Waals surface area (Å²) in [7, 11) is 0. The highest BCUT2D eigenvalue weighted by atomic mass is 16.1. The van der Waals surface area contributed by atoms with E-state index in [1.54, 1.807) is 0 Å². The van der Waals surface area contributed by atoms with Crippen LogP contribution in [0.3, 0.4) is 0 Å². The fourth-order valence-corrected chi connectivity index (χ4v) is 0.564. The second-order valence-electron chi connectivity index (χ2n) is 1.82. The van der Waals surface area contributed by atoms with Gasteiger partial charge in [0.2, 0.25) is 5.82 Å². The topological polar surface area (TPSA) is 84.7 Å². The fraction of sp³-hybridized carbons (Fsp3) is 0.400. The Morgan fingerprint density at radius 1 is 1.80 bits per heavy atom. The molecule has 0 saturated carbocycles. The first-order valence-electron chi connectivity index (χ1n) is 2.95. The third kappa shape index (κ3) is 1.12. The number of H-pyrrole nitrogens is 1. The minimum absolute atomic E-state index is 0.0526. The zero-order valence-electron chi connectivity index (χ0n) is 5.59. The molecule has 0 saturated heterocycles. The van der Waals surface area contributed by atoms with E-state index in [-0.39, 0.29) is 5.82 Å². The predicted octanol–water partition coefficient (Wildman–Crippen LogP) is -0.534. The number of hydrogen-bond acceptors (Lipinski definition) is 3. The van der Waals surface area contributed by atoms with Crippen LogP contribution in [-0.4, -0.2) is 21.1 Å². The van der Waals surface area contributed by atoms with Crippen molar-refractivity contribution in [3.8, 4) is 0 Å². The Balaban J connectivity index is 2.88. The molecular formula is C5H8N4O. The van der Waals surface area contributed by atoms with Crippen LogP contribution >= 0.6 is 0 Å². The first kappa shape index (κ1) is 6.73. The van der Waals surface area contributed by atoms with Crippen molar-refractivity contribution in [1.29, 1.82) is 0 Å². The van der Waals surface area contributed by atoms with Gasteiger partial charge in [0.05, 0.1) is 0 Å². The average Bonchev–Trinajstić information content (AvgIpc) is 2.34. The number of carbonyl (C=O) groups is 1. The lowest BCUT2D eigenvalue weighted by Crippen LogP contribution is -2.12. The van der Waals surface area contributed by atoms with Gasteiger partial charge in [-0.05, 0) is 0 Å². The molecule has 1 rings (SSSR count). The SMILES string of the molecule is CCc1nc(C(N)=O)n[nH]1. The fourth-order valence-electron chi connectivity index (χ4n) is 0.564. The van der Waals surface area contributed by atoms with E-state index in [1.165, 1.54) is 0 Å². The third-order valence-electron chi connectivity index (χ3n) is 1.09. The van der Waals surface area contributed by atoms with E-state index in [4.69, 9.17) is 5.73 Å². The summed E-state index contributed by atoms with van der Waals surface area (Å²) in [5.41, 5.74) is 4.90. The summed E-state index contributed by atoms with van der Waals surface area (Å²) in [6.45, 7) is 1.91. The first-order chi connectivity index (χ1) is 4.74. The predicted molar refractivity (Wildman–Crippen MR) is 34.3 cm³/mol. The van der Waals surface area contributed by atoms with Crippen LogP contribution in [0, 0.1) is 0 Å². The van der Waals surface area contributed by atoms with Gasteiger partial charge in [-0.1, -0.05) is 6.92 Å². The van der Waals surface area contributed by atoms with Crippen LogP contribution < -0.4 is 5.73 Å². The number of nitrogens with zero attached hydrogens (tertiary/aromatic N) is 2. The van der Waals surface area contributed by atoms with Crippen LogP contribution in [0.4, 0.5) is 0 Å². The van der Waals surface area contributed by atoms with Gasteiger partial charge in [-0.25, -0.2) is 4.98 Å². The molecule has 5 nitrogen and oxygen atoms in total. The van der Waals surface area contributed by atoms with Crippen LogP contribution in [-0.2, 0) is 6.42 Å². The van der Waals surface area contributed by atoms with E-state index >= 15 is 0 Å². The normalized spacial score (nSPS) is 9.70. The molecule has 10 heavy (non-hydrogen) atoms. The summed E-state index contributed by atoms with van der Waals surface area (Å²) in [5, 5.41) is 6.15. The molecule has 0 aliphatic rings. The number of nitrogens with two attached hydrogens (primary N) is 1. The third-order valence-corrected chi connectivity index (χ3v) is 1.09. The summed E-state index contributed by atoms with van der Waals surface area (Å²) in [6.07, 6.45) is 0.722. The van der Waals surface area contributed by atoms with E-state index < -0.39 is 5.91 Å². The Morgan fingerprint density at radius 2 is 2.50 bits per heavy atom. The van der Waals surface area contributed by atoms with Crippen LogP contribution in [0.5, 0.6) is 0 Å². The van der Waals surface area contributed by atoms with E-state index in [2.05, 4.69) is 15.2 Å². The number of primary amides is 1. The molecule has 3 N–H and O–H groups in total. The minimum atomic E-state index is -0.601. The lowest BCUT2D eigenvalue weighted by molar-refractivity contribution is 0.0991. The van der Waals surface area contributed by atoms with Gasteiger partial charge in [-0.3, -0.25) is 9.89 Å². The van der Waals surface area contributed by atoms with Crippen molar-refractivity contribution in [2.75, 3.05) is 0 Å². The molecule has 0 aromatic carbocycles. The Morgan fingerprint density at radius 3 is 2.80 bits per heavy atom. The Bertz CT molecular complexity index is 242. The van der Waals surface area contributed by atoms with Gasteiger partial charge in [-0.15, -0.1) is 5.10 Å². The van der Waals surface area contributed by atoms with E-state index in [0.717, 1.165) is 6.42 Å². The van der Waals surface area contributed by atoms with E-state index in [1.807, 2.05) is 6.92 Å². The largest absolute Gasteiger partial charge is 0.363 e. The van der Waals surface area contributed by atoms with Gasteiger partial charge in [0, 0.05) is 6.42 Å². The average molecular weight is 140 g/mol. The number of aryl methyl sites for hydroxylation is 1. The van der Waals surface area contributed by atoms with E-state index in [9.17, 15) is 4.79 Å². The van der Waals surface area contributed by atoms with Crippen molar-refractivity contribution in [3.05, 3.63) is 11.6 Å². The molecule has 0 aliphatic heterocycles. The summed E-state index contributed by atoms with van der Waals surface area (Å²) < 4.78 is 0. The maximum Gasteiger partial charge on any atom is 0.288 e. The number of hydrogen-bond donors (Lipinski definition) is 2. The molecule has 0 atom stereocenters. The van der Waals surface area contributed by atoms with Gasteiger partial charge in [0.1, 0.15) is 5.82 Å². The highest BCUT2D eigenvalue weighted by Crippen LogP contribution is 1.90. The van der Waals surface area contributed by atoms with Gasteiger partial charge in [0.15, 0.2) is 0 Å². The summed E-state index contributed by atoms with van der Waals surface area (Å²) >= 11 is 0. The molecule has 54 valence electrons. The molecule has 1 aromatic rings. The standard InChI is InChI=1S/C5H8N4O/c1-2-3-7-5(4(6)10)9-8-3/h2H2,1H3,(H2,6,10)(H,7,8,9). The maximum absolute atomic E-state index is 10.4. The second-order valence-corrected chi connectivity index (χ2v) is 1.82. The zero-order chi connectivity index (χ0) is 7.56. The first-order valence-corrected chi connectivity index (χ1v) is 2.95. The lowest BCUT2D eigenvalue weighted by Gasteiger charge is -1.80. The molecule has 0 aliphatic carbocycles. The minimum Gasteiger partial charge on any atom is -0.363 e. The number of nitrogens with one attached hydrogen (secondary N) is 1. The highest BCUT2D eigenvalue weighted by molar-refractivity contribution is 5.88. The molecule has 0 fully saturated rings. The van der Waals surface area contributed by atoms with Crippen LogP contribution in [0.2, 0.25) is 0 Å². The Labute approximate surface area is 57.6 Å². The van der Waals surface area contributed by atoms with Crippen molar-refractivity contribution in [2.24, 2.45) is 5.73 Å². The van der Waals surface area contributed by atoms with Gasteiger partial charge >= 0.3 is 0 Å². The second kappa shape index (κ2) is 2.47.